The minimum absolute atomic E-state index is 0.126. The van der Waals surface area contributed by atoms with Crippen molar-refractivity contribution in [2.24, 2.45) is 5.84 Å². The molecule has 2 heterocycles. The smallest absolute Gasteiger partial charge is 0.256 e. The van der Waals surface area contributed by atoms with E-state index in [1.54, 1.807) is 17.2 Å². The van der Waals surface area contributed by atoms with Gasteiger partial charge in [0.1, 0.15) is 0 Å². The van der Waals surface area contributed by atoms with Crippen LogP contribution in [0.3, 0.4) is 0 Å². The van der Waals surface area contributed by atoms with Crippen LogP contribution >= 0.6 is 0 Å². The van der Waals surface area contributed by atoms with Gasteiger partial charge in [-0.05, 0) is 18.9 Å². The van der Waals surface area contributed by atoms with Gasteiger partial charge in [0.25, 0.3) is 5.91 Å². The zero-order valence-electron chi connectivity index (χ0n) is 9.47. The van der Waals surface area contributed by atoms with Crippen molar-refractivity contribution < 1.29 is 9.90 Å². The van der Waals surface area contributed by atoms with Crippen molar-refractivity contribution in [1.29, 1.82) is 0 Å². The number of amides is 1. The fourth-order valence-electron chi connectivity index (χ4n) is 2.01. The van der Waals surface area contributed by atoms with E-state index < -0.39 is 6.10 Å². The van der Waals surface area contributed by atoms with E-state index in [2.05, 4.69) is 10.4 Å². The summed E-state index contributed by atoms with van der Waals surface area (Å²) in [5.74, 6) is 5.21. The normalized spacial score (nSPS) is 20.1. The van der Waals surface area contributed by atoms with E-state index >= 15 is 0 Å². The van der Waals surface area contributed by atoms with Gasteiger partial charge in [0.05, 0.1) is 23.6 Å². The predicted octanol–water partition coefficient (Wildman–Crippen LogP) is -0.0359. The van der Waals surface area contributed by atoms with Crippen molar-refractivity contribution in [2.75, 3.05) is 18.5 Å². The molecular weight excluding hydrogens is 220 g/mol. The minimum atomic E-state index is -0.427. The predicted molar refractivity (Wildman–Crippen MR) is 63.2 cm³/mol. The number of hydrazine groups is 1. The van der Waals surface area contributed by atoms with Crippen LogP contribution in [-0.4, -0.2) is 40.1 Å². The number of aliphatic hydroxyl groups is 1. The maximum atomic E-state index is 12.2. The van der Waals surface area contributed by atoms with Gasteiger partial charge >= 0.3 is 0 Å². The molecule has 1 amide bonds. The lowest BCUT2D eigenvalue weighted by atomic mass is 10.1. The molecule has 0 spiro atoms. The van der Waals surface area contributed by atoms with Gasteiger partial charge in [-0.15, -0.1) is 0 Å². The summed E-state index contributed by atoms with van der Waals surface area (Å²) in [7, 11) is 0. The molecule has 1 atom stereocenters. The largest absolute Gasteiger partial charge is 0.391 e. The number of nitrogens with zero attached hydrogens (tertiary/aromatic N) is 2. The van der Waals surface area contributed by atoms with Crippen molar-refractivity contribution in [2.45, 2.75) is 18.9 Å². The van der Waals surface area contributed by atoms with Gasteiger partial charge in [0, 0.05) is 19.3 Å². The number of aliphatic hydroxyl groups excluding tert-OH is 1. The highest BCUT2D eigenvalue weighted by Gasteiger charge is 2.24. The molecule has 17 heavy (non-hydrogen) atoms. The molecule has 1 aliphatic rings. The van der Waals surface area contributed by atoms with Crippen molar-refractivity contribution in [3.8, 4) is 0 Å². The van der Waals surface area contributed by atoms with Crippen LogP contribution in [0.1, 0.15) is 23.2 Å². The van der Waals surface area contributed by atoms with Gasteiger partial charge in [0.2, 0.25) is 0 Å². The first-order valence-electron chi connectivity index (χ1n) is 5.60. The number of anilines is 1. The van der Waals surface area contributed by atoms with Gasteiger partial charge < -0.3 is 15.4 Å². The van der Waals surface area contributed by atoms with E-state index in [0.29, 0.717) is 24.3 Å². The van der Waals surface area contributed by atoms with Crippen LogP contribution < -0.4 is 11.3 Å². The van der Waals surface area contributed by atoms with Gasteiger partial charge in [-0.2, -0.15) is 0 Å². The number of nitrogen functional groups attached to an aromatic ring is 1. The number of piperidine rings is 1. The summed E-state index contributed by atoms with van der Waals surface area (Å²) in [5, 5.41) is 9.56. The Hall–Kier alpha value is -1.66. The maximum Gasteiger partial charge on any atom is 0.256 e. The molecule has 6 nitrogen and oxygen atoms in total. The fraction of sp³-hybridized carbons (Fsp3) is 0.455. The Morgan fingerprint density at radius 1 is 1.65 bits per heavy atom. The van der Waals surface area contributed by atoms with Crippen LogP contribution in [-0.2, 0) is 0 Å². The van der Waals surface area contributed by atoms with Gasteiger partial charge in [0.15, 0.2) is 0 Å². The molecule has 6 heteroatoms. The molecule has 1 aromatic rings. The first-order valence-corrected chi connectivity index (χ1v) is 5.60. The molecule has 0 radical (unpaired) electrons. The van der Waals surface area contributed by atoms with Crippen LogP contribution in [0, 0.1) is 0 Å². The minimum Gasteiger partial charge on any atom is -0.391 e. The van der Waals surface area contributed by atoms with Crippen molar-refractivity contribution >= 4 is 11.6 Å². The summed E-state index contributed by atoms with van der Waals surface area (Å²) in [6.45, 7) is 1.05. The highest BCUT2D eigenvalue weighted by molar-refractivity contribution is 5.99. The average molecular weight is 236 g/mol. The standard InChI is InChI=1S/C11H16N4O2/c12-14-10-6-13-4-3-9(10)11(17)15-5-1-2-8(16)7-15/h3-4,6,8,14,16H,1-2,5,7,12H2. The molecule has 4 N–H and O–H groups in total. The number of nitrogens with two attached hydrogens (primary N) is 1. The second-order valence-corrected chi connectivity index (χ2v) is 4.11. The summed E-state index contributed by atoms with van der Waals surface area (Å²) in [6.07, 6.45) is 4.21. The lowest BCUT2D eigenvalue weighted by Gasteiger charge is -2.30. The summed E-state index contributed by atoms with van der Waals surface area (Å²) in [6, 6.07) is 1.62. The zero-order valence-corrected chi connectivity index (χ0v) is 9.47. The number of pyridine rings is 1. The van der Waals surface area contributed by atoms with Crippen LogP contribution in [0.2, 0.25) is 0 Å². The molecule has 1 unspecified atom stereocenters. The molecule has 1 fully saturated rings. The Morgan fingerprint density at radius 2 is 2.47 bits per heavy atom. The molecule has 0 aromatic carbocycles. The van der Waals surface area contributed by atoms with Gasteiger partial charge in [-0.25, -0.2) is 0 Å². The summed E-state index contributed by atoms with van der Waals surface area (Å²) in [4.78, 5) is 17.8. The summed E-state index contributed by atoms with van der Waals surface area (Å²) >= 11 is 0. The van der Waals surface area contributed by atoms with Crippen molar-refractivity contribution in [3.05, 3.63) is 24.0 Å². The fourth-order valence-corrected chi connectivity index (χ4v) is 2.01. The highest BCUT2D eigenvalue weighted by Crippen LogP contribution is 2.18. The quantitative estimate of drug-likeness (QED) is 0.495. The van der Waals surface area contributed by atoms with Crippen molar-refractivity contribution in [3.63, 3.8) is 0 Å². The molecule has 0 aliphatic carbocycles. The number of hydrogen-bond acceptors (Lipinski definition) is 5. The SMILES string of the molecule is NNc1cnccc1C(=O)N1CCCC(O)C1. The molecule has 0 bridgehead atoms. The number of likely N-dealkylation sites (tertiary alicyclic amines) is 1. The zero-order chi connectivity index (χ0) is 12.3. The Morgan fingerprint density at radius 3 is 3.18 bits per heavy atom. The Labute approximate surface area is 99.4 Å². The third-order valence-corrected chi connectivity index (χ3v) is 2.89. The number of carbonyl (C=O) groups excluding carboxylic acids is 1. The van der Waals surface area contributed by atoms with E-state index in [9.17, 15) is 9.90 Å². The van der Waals surface area contributed by atoms with Crippen molar-refractivity contribution in [1.82, 2.24) is 9.88 Å². The number of hydrogen-bond donors (Lipinski definition) is 3. The molecule has 1 aromatic heterocycles. The number of nitrogens with one attached hydrogen (secondary N) is 1. The topological polar surface area (TPSA) is 91.5 Å². The second kappa shape index (κ2) is 5.11. The molecule has 1 saturated heterocycles. The number of β-amino-alcohol motifs (C(OH)–C–C–N with tert-alkyl or cyclic N) is 1. The molecular formula is C11H16N4O2. The first kappa shape index (κ1) is 11.8. The molecule has 1 aliphatic heterocycles. The van der Waals surface area contributed by atoms with E-state index in [1.807, 2.05) is 0 Å². The Balaban J connectivity index is 2.18. The van der Waals surface area contributed by atoms with E-state index in [1.165, 1.54) is 6.20 Å². The van der Waals surface area contributed by atoms with Gasteiger partial charge in [-0.1, -0.05) is 0 Å². The van der Waals surface area contributed by atoms with E-state index in [-0.39, 0.29) is 5.91 Å². The third kappa shape index (κ3) is 2.54. The summed E-state index contributed by atoms with van der Waals surface area (Å²) < 4.78 is 0. The average Bonchev–Trinajstić information content (AvgIpc) is 2.38. The molecule has 92 valence electrons. The third-order valence-electron chi connectivity index (χ3n) is 2.89. The second-order valence-electron chi connectivity index (χ2n) is 4.11. The van der Waals surface area contributed by atoms with E-state index in [0.717, 1.165) is 12.8 Å². The maximum absolute atomic E-state index is 12.2. The van der Waals surface area contributed by atoms with Crippen LogP contribution in [0.15, 0.2) is 18.5 Å². The van der Waals surface area contributed by atoms with Crippen LogP contribution in [0.5, 0.6) is 0 Å². The number of carbonyl (C=O) groups is 1. The van der Waals surface area contributed by atoms with E-state index in [4.69, 9.17) is 5.84 Å². The lowest BCUT2D eigenvalue weighted by molar-refractivity contribution is 0.0474. The molecule has 2 rings (SSSR count). The number of aromatic nitrogens is 1. The molecule has 0 saturated carbocycles. The monoisotopic (exact) mass is 236 g/mol. The number of rotatable bonds is 2. The van der Waals surface area contributed by atoms with Gasteiger partial charge in [-0.3, -0.25) is 15.6 Å². The highest BCUT2D eigenvalue weighted by atomic mass is 16.3. The Bertz CT molecular complexity index is 410. The van der Waals surface area contributed by atoms with Crippen LogP contribution in [0.4, 0.5) is 5.69 Å². The van der Waals surface area contributed by atoms with Crippen LogP contribution in [0.25, 0.3) is 0 Å². The first-order chi connectivity index (χ1) is 8.22. The Kier molecular flexibility index (Phi) is 3.55. The lowest BCUT2D eigenvalue weighted by Crippen LogP contribution is -2.42. The summed E-state index contributed by atoms with van der Waals surface area (Å²) in [5.41, 5.74) is 3.43.